The number of hydrazone groups is 1. The minimum absolute atomic E-state index is 0.0212. The van der Waals surface area contributed by atoms with Gasteiger partial charge in [0.2, 0.25) is 11.7 Å². The molecule has 7 rings (SSSR count). The van der Waals surface area contributed by atoms with Gasteiger partial charge in [0.1, 0.15) is 22.8 Å². The zero-order valence-electron chi connectivity index (χ0n) is 28.7. The predicted molar refractivity (Wildman–Crippen MR) is 180 cm³/mol. The monoisotopic (exact) mass is 717 g/mol. The van der Waals surface area contributed by atoms with Crippen molar-refractivity contribution in [2.24, 2.45) is 5.10 Å². The van der Waals surface area contributed by atoms with E-state index in [1.54, 1.807) is 13.0 Å². The van der Waals surface area contributed by atoms with Crippen LogP contribution in [0.3, 0.4) is 0 Å². The molecule has 2 saturated heterocycles. The Morgan fingerprint density at radius 3 is 2.46 bits per heavy atom. The number of ether oxygens (including phenoxy) is 4. The van der Waals surface area contributed by atoms with Gasteiger partial charge in [-0.3, -0.25) is 28.9 Å². The molecule has 3 amide bonds. The summed E-state index contributed by atoms with van der Waals surface area (Å²) < 4.78 is 23.8. The van der Waals surface area contributed by atoms with Crippen LogP contribution in [0.25, 0.3) is 0 Å². The molecule has 2 fully saturated rings. The van der Waals surface area contributed by atoms with Gasteiger partial charge in [0, 0.05) is 61.1 Å². The molecule has 274 valence electrons. The number of hydrogen-bond donors (Lipinski definition) is 4. The largest absolute Gasteiger partial charge is 0.507 e. The lowest BCUT2D eigenvalue weighted by atomic mass is 9.70. The van der Waals surface area contributed by atoms with Crippen LogP contribution in [0.1, 0.15) is 101 Å². The first-order chi connectivity index (χ1) is 24.9. The standard InChI is InChI=1S/C37H39N3O12/c1-18-21(41)10-13-28(51-18)52-23-16-37(24(17-50-37)38-39-25(42)9-4-3-5-14-40-26(43)11-12-27(40)44)15-20-30(23)36(48)32-31(34(20)46)33(45)19-7-6-8-22(49-2)29(19)35(32)47/h6-8,11-12,18,21,23,28,41,46,48H,3-5,9-10,13-17H2,1-2H3,(H,39,42)/b38-24+/t18-,21-,23-,28-,37?/m0/s1. The number of carbonyl (C=O) groups is 5. The topological polar surface area (TPSA) is 211 Å². The van der Waals surface area contributed by atoms with Crippen molar-refractivity contribution in [1.82, 2.24) is 10.3 Å². The van der Waals surface area contributed by atoms with Crippen molar-refractivity contribution < 1.29 is 58.2 Å². The maximum absolute atomic E-state index is 13.9. The van der Waals surface area contributed by atoms with Gasteiger partial charge in [0.15, 0.2) is 12.1 Å². The first kappa shape index (κ1) is 35.4. The van der Waals surface area contributed by atoms with Crippen LogP contribution < -0.4 is 10.2 Å². The fourth-order valence-corrected chi connectivity index (χ4v) is 7.62. The first-order valence-corrected chi connectivity index (χ1v) is 17.3. The summed E-state index contributed by atoms with van der Waals surface area (Å²) in [6, 6.07) is 4.54. The molecule has 2 aromatic rings. The number of aliphatic hydroxyl groups is 1. The summed E-state index contributed by atoms with van der Waals surface area (Å²) in [5.74, 6) is -3.27. The zero-order valence-corrected chi connectivity index (χ0v) is 28.7. The van der Waals surface area contributed by atoms with Crippen LogP contribution >= 0.6 is 0 Å². The number of nitrogens with zero attached hydrogens (tertiary/aromatic N) is 2. The molecule has 1 unspecified atom stereocenters. The second kappa shape index (κ2) is 13.9. The fraction of sp³-hybridized carbons (Fsp3) is 0.459. The van der Waals surface area contributed by atoms with Crippen molar-refractivity contribution in [3.05, 3.63) is 63.7 Å². The molecule has 15 nitrogen and oxygen atoms in total. The minimum Gasteiger partial charge on any atom is -0.507 e. The SMILES string of the molecule is COc1cccc2c1C(=O)c1c(O)c3c(c(O)c1C2=O)CC1(C[C@@H]3O[C@H]2CC[C@H](O)[C@H](C)O2)OC/C1=N\NC(=O)CCCCCN1C(=O)C=CC1=O. The first-order valence-electron chi connectivity index (χ1n) is 17.3. The molecule has 0 bridgehead atoms. The number of amides is 3. The van der Waals surface area contributed by atoms with E-state index in [1.165, 1.54) is 31.4 Å². The third kappa shape index (κ3) is 6.06. The number of benzene rings is 2. The molecule has 52 heavy (non-hydrogen) atoms. The Morgan fingerprint density at radius 1 is 1.02 bits per heavy atom. The average Bonchev–Trinajstić information content (AvgIpc) is 3.44. The number of phenols is 2. The van der Waals surface area contributed by atoms with E-state index < -0.39 is 53.3 Å². The second-order valence-electron chi connectivity index (χ2n) is 13.7. The van der Waals surface area contributed by atoms with Crippen LogP contribution in [-0.4, -0.2) is 99.6 Å². The molecular formula is C37H39N3O12. The van der Waals surface area contributed by atoms with E-state index in [0.717, 1.165) is 4.90 Å². The van der Waals surface area contributed by atoms with Crippen molar-refractivity contribution in [1.29, 1.82) is 0 Å². The zero-order chi connectivity index (χ0) is 36.9. The van der Waals surface area contributed by atoms with E-state index in [-0.39, 0.29) is 89.3 Å². The van der Waals surface area contributed by atoms with Gasteiger partial charge in [-0.2, -0.15) is 5.10 Å². The number of rotatable bonds is 10. The number of imide groups is 1. The van der Waals surface area contributed by atoms with Gasteiger partial charge < -0.3 is 34.3 Å². The maximum atomic E-state index is 13.9. The van der Waals surface area contributed by atoms with Gasteiger partial charge in [-0.25, -0.2) is 5.43 Å². The molecule has 0 radical (unpaired) electrons. The van der Waals surface area contributed by atoms with Crippen molar-refractivity contribution in [2.75, 3.05) is 20.3 Å². The quantitative estimate of drug-likeness (QED) is 0.103. The molecule has 0 aromatic heterocycles. The minimum atomic E-state index is -1.20. The van der Waals surface area contributed by atoms with Gasteiger partial charge in [-0.05, 0) is 32.3 Å². The highest BCUT2D eigenvalue weighted by Crippen LogP contribution is 2.54. The average molecular weight is 718 g/mol. The van der Waals surface area contributed by atoms with E-state index in [0.29, 0.717) is 37.8 Å². The number of carbonyl (C=O) groups excluding carboxylic acids is 5. The molecule has 1 spiro atoms. The molecule has 3 heterocycles. The summed E-state index contributed by atoms with van der Waals surface area (Å²) in [6.07, 6.45) is 1.90. The molecule has 4 N–H and O–H groups in total. The predicted octanol–water partition coefficient (Wildman–Crippen LogP) is 2.50. The van der Waals surface area contributed by atoms with Crippen molar-refractivity contribution in [3.63, 3.8) is 0 Å². The summed E-state index contributed by atoms with van der Waals surface area (Å²) in [5.41, 5.74) is 1.35. The molecule has 5 atom stereocenters. The summed E-state index contributed by atoms with van der Waals surface area (Å²) in [7, 11) is 1.36. The van der Waals surface area contributed by atoms with Crippen molar-refractivity contribution >= 4 is 35.0 Å². The van der Waals surface area contributed by atoms with E-state index in [1.807, 2.05) is 0 Å². The summed E-state index contributed by atoms with van der Waals surface area (Å²) in [5, 5.41) is 38.2. The Labute approximate surface area is 298 Å². The number of nitrogens with one attached hydrogen (secondary N) is 1. The lowest BCUT2D eigenvalue weighted by Gasteiger charge is -2.49. The number of phenolic OH excluding ortho intramolecular Hbond substituents is 2. The van der Waals surface area contributed by atoms with E-state index in [9.17, 15) is 39.3 Å². The Kier molecular flexibility index (Phi) is 9.46. The van der Waals surface area contributed by atoms with Crippen molar-refractivity contribution in [3.8, 4) is 17.2 Å². The highest BCUT2D eigenvalue weighted by Gasteiger charge is 2.54. The normalized spacial score (nSPS) is 27.1. The molecular weight excluding hydrogens is 678 g/mol. The van der Waals surface area contributed by atoms with Gasteiger partial charge in [0.05, 0.1) is 54.4 Å². The second-order valence-corrected chi connectivity index (χ2v) is 13.7. The fourth-order valence-electron chi connectivity index (χ4n) is 7.62. The number of aromatic hydroxyl groups is 2. The highest BCUT2D eigenvalue weighted by atomic mass is 16.7. The van der Waals surface area contributed by atoms with E-state index >= 15 is 0 Å². The summed E-state index contributed by atoms with van der Waals surface area (Å²) >= 11 is 0. The molecule has 3 aliphatic heterocycles. The molecule has 2 aliphatic carbocycles. The van der Waals surface area contributed by atoms with Gasteiger partial charge in [-0.1, -0.05) is 18.6 Å². The third-order valence-electron chi connectivity index (χ3n) is 10.5. The Balaban J connectivity index is 1.14. The lowest BCUT2D eigenvalue weighted by Crippen LogP contribution is -2.59. The Hall–Kier alpha value is -4.96. The van der Waals surface area contributed by atoms with Crippen LogP contribution in [0.15, 0.2) is 35.5 Å². The van der Waals surface area contributed by atoms with E-state index in [4.69, 9.17) is 18.9 Å². The molecule has 5 aliphatic rings. The molecule has 15 heteroatoms. The summed E-state index contributed by atoms with van der Waals surface area (Å²) in [4.78, 5) is 65.1. The van der Waals surface area contributed by atoms with Crippen LogP contribution in [0.4, 0.5) is 0 Å². The molecule has 0 saturated carbocycles. The number of ketones is 2. The highest BCUT2D eigenvalue weighted by molar-refractivity contribution is 6.31. The lowest BCUT2D eigenvalue weighted by molar-refractivity contribution is -0.244. The van der Waals surface area contributed by atoms with E-state index in [2.05, 4.69) is 10.5 Å². The van der Waals surface area contributed by atoms with Gasteiger partial charge in [0.25, 0.3) is 11.8 Å². The van der Waals surface area contributed by atoms with Gasteiger partial charge >= 0.3 is 0 Å². The van der Waals surface area contributed by atoms with Crippen LogP contribution in [0.2, 0.25) is 0 Å². The number of methoxy groups -OCH3 is 1. The number of unbranched alkanes of at least 4 members (excludes halogenated alkanes) is 2. The van der Waals surface area contributed by atoms with Crippen LogP contribution in [0.5, 0.6) is 17.2 Å². The van der Waals surface area contributed by atoms with Gasteiger partial charge in [-0.15, -0.1) is 0 Å². The number of fused-ring (bicyclic) bond motifs is 3. The van der Waals surface area contributed by atoms with Crippen LogP contribution in [0, 0.1) is 0 Å². The van der Waals surface area contributed by atoms with Crippen LogP contribution in [-0.2, 0) is 35.0 Å². The Bertz CT molecular complexity index is 1920. The smallest absolute Gasteiger partial charge is 0.253 e. The third-order valence-corrected chi connectivity index (χ3v) is 10.5. The number of aliphatic hydroxyl groups excluding tert-OH is 1. The maximum Gasteiger partial charge on any atom is 0.253 e. The summed E-state index contributed by atoms with van der Waals surface area (Å²) in [6.45, 7) is 2.04. The Morgan fingerprint density at radius 2 is 1.77 bits per heavy atom. The molecule has 2 aromatic carbocycles. The van der Waals surface area contributed by atoms with Crippen molar-refractivity contribution in [2.45, 2.75) is 88.5 Å². The number of hydrogen-bond acceptors (Lipinski definition) is 13.